The summed E-state index contributed by atoms with van der Waals surface area (Å²) in [4.78, 5) is 12.2. The highest BCUT2D eigenvalue weighted by molar-refractivity contribution is 5.94. The second-order valence-corrected chi connectivity index (χ2v) is 5.16. The number of nitrogens with zero attached hydrogens (tertiary/aromatic N) is 1. The minimum Gasteiger partial charge on any atom is -0.480 e. The van der Waals surface area contributed by atoms with Gasteiger partial charge in [-0.25, -0.2) is 0 Å². The molecule has 1 N–H and O–H groups in total. The van der Waals surface area contributed by atoms with Gasteiger partial charge in [-0.3, -0.25) is 4.79 Å². The molecule has 0 aliphatic heterocycles. The first-order valence-electron chi connectivity index (χ1n) is 7.05. The largest absolute Gasteiger partial charge is 0.480 e. The van der Waals surface area contributed by atoms with Gasteiger partial charge in [-0.05, 0) is 56.2 Å². The molecule has 0 fully saturated rings. The summed E-state index contributed by atoms with van der Waals surface area (Å²) < 4.78 is 5.79. The predicted octanol–water partition coefficient (Wildman–Crippen LogP) is 3.58. The van der Waals surface area contributed by atoms with Crippen LogP contribution in [-0.4, -0.2) is 12.0 Å². The van der Waals surface area contributed by atoms with Crippen LogP contribution in [0.5, 0.6) is 5.75 Å². The molecule has 2 aromatic rings. The van der Waals surface area contributed by atoms with Crippen LogP contribution in [0, 0.1) is 25.2 Å². The molecule has 1 amide bonds. The number of nitriles is 1. The van der Waals surface area contributed by atoms with Crippen LogP contribution in [0.25, 0.3) is 0 Å². The van der Waals surface area contributed by atoms with Gasteiger partial charge in [0.05, 0.1) is 11.6 Å². The van der Waals surface area contributed by atoms with E-state index in [1.807, 2.05) is 38.1 Å². The fourth-order valence-electron chi connectivity index (χ4n) is 2.09. The molecular formula is C18H18N2O2. The number of anilines is 1. The molecule has 0 heterocycles. The average Bonchev–Trinajstić information content (AvgIpc) is 2.51. The monoisotopic (exact) mass is 294 g/mol. The van der Waals surface area contributed by atoms with E-state index in [0.717, 1.165) is 16.9 Å². The average molecular weight is 294 g/mol. The van der Waals surface area contributed by atoms with Crippen LogP contribution < -0.4 is 10.1 Å². The quantitative estimate of drug-likeness (QED) is 0.937. The van der Waals surface area contributed by atoms with Crippen molar-refractivity contribution in [3.05, 3.63) is 59.2 Å². The van der Waals surface area contributed by atoms with E-state index in [2.05, 4.69) is 5.32 Å². The summed E-state index contributed by atoms with van der Waals surface area (Å²) in [6, 6.07) is 14.6. The van der Waals surface area contributed by atoms with E-state index in [0.29, 0.717) is 11.3 Å². The zero-order chi connectivity index (χ0) is 16.1. The molecule has 2 rings (SSSR count). The first-order chi connectivity index (χ1) is 10.5. The topological polar surface area (TPSA) is 62.1 Å². The molecule has 0 aliphatic rings. The summed E-state index contributed by atoms with van der Waals surface area (Å²) in [6.07, 6.45) is -0.615. The molecular weight excluding hydrogens is 276 g/mol. The van der Waals surface area contributed by atoms with Crippen molar-refractivity contribution in [3.8, 4) is 11.8 Å². The Hall–Kier alpha value is -2.80. The van der Waals surface area contributed by atoms with E-state index in [1.165, 1.54) is 0 Å². The summed E-state index contributed by atoms with van der Waals surface area (Å²) in [5, 5.41) is 11.5. The molecule has 4 heteroatoms. The van der Waals surface area contributed by atoms with Gasteiger partial charge in [0.15, 0.2) is 6.10 Å². The fourth-order valence-corrected chi connectivity index (χ4v) is 2.09. The molecule has 0 aromatic heterocycles. The maximum atomic E-state index is 12.2. The van der Waals surface area contributed by atoms with Crippen molar-refractivity contribution in [1.82, 2.24) is 0 Å². The highest BCUT2D eigenvalue weighted by Crippen LogP contribution is 2.23. The minimum atomic E-state index is -0.615. The molecule has 4 nitrogen and oxygen atoms in total. The van der Waals surface area contributed by atoms with Crippen molar-refractivity contribution in [2.75, 3.05) is 5.32 Å². The number of carbonyl (C=O) groups excluding carboxylic acids is 1. The van der Waals surface area contributed by atoms with Crippen molar-refractivity contribution in [2.24, 2.45) is 0 Å². The number of hydrogen-bond donors (Lipinski definition) is 1. The van der Waals surface area contributed by atoms with Gasteiger partial charge in [0, 0.05) is 5.69 Å². The third-order valence-electron chi connectivity index (χ3n) is 3.35. The normalized spacial score (nSPS) is 11.4. The highest BCUT2D eigenvalue weighted by Gasteiger charge is 2.16. The number of nitrogens with one attached hydrogen (secondary N) is 1. The number of ether oxygens (including phenoxy) is 1. The molecule has 0 radical (unpaired) electrons. The summed E-state index contributed by atoms with van der Waals surface area (Å²) in [7, 11) is 0. The van der Waals surface area contributed by atoms with Crippen molar-refractivity contribution in [2.45, 2.75) is 26.9 Å². The lowest BCUT2D eigenvalue weighted by atomic mass is 10.1. The number of rotatable bonds is 4. The summed E-state index contributed by atoms with van der Waals surface area (Å²) >= 11 is 0. The maximum Gasteiger partial charge on any atom is 0.265 e. The van der Waals surface area contributed by atoms with Gasteiger partial charge in [-0.2, -0.15) is 5.26 Å². The van der Waals surface area contributed by atoms with E-state index in [1.54, 1.807) is 31.2 Å². The Balaban J connectivity index is 2.04. The Kier molecular flexibility index (Phi) is 4.80. The van der Waals surface area contributed by atoms with Crippen LogP contribution in [0.3, 0.4) is 0 Å². The SMILES string of the molecule is Cc1cccc(C)c1O[C@H](C)C(=O)Nc1ccc(C#N)cc1. The molecule has 1 atom stereocenters. The zero-order valence-electron chi connectivity index (χ0n) is 12.9. The predicted molar refractivity (Wildman–Crippen MR) is 85.8 cm³/mol. The van der Waals surface area contributed by atoms with Crippen LogP contribution >= 0.6 is 0 Å². The Morgan fingerprint density at radius 1 is 1.14 bits per heavy atom. The van der Waals surface area contributed by atoms with Crippen molar-refractivity contribution < 1.29 is 9.53 Å². The van der Waals surface area contributed by atoms with Crippen molar-refractivity contribution in [3.63, 3.8) is 0 Å². The standard InChI is InChI=1S/C18H18N2O2/c1-12-5-4-6-13(2)17(12)22-14(3)18(21)20-16-9-7-15(11-19)8-10-16/h4-10,14H,1-3H3,(H,20,21)/t14-/m1/s1. The second-order valence-electron chi connectivity index (χ2n) is 5.16. The van der Waals surface area contributed by atoms with Gasteiger partial charge in [-0.1, -0.05) is 18.2 Å². The van der Waals surface area contributed by atoms with Crippen LogP contribution in [0.4, 0.5) is 5.69 Å². The van der Waals surface area contributed by atoms with E-state index in [4.69, 9.17) is 10.00 Å². The van der Waals surface area contributed by atoms with Crippen LogP contribution in [-0.2, 0) is 4.79 Å². The molecule has 0 aliphatic carbocycles. The molecule has 2 aromatic carbocycles. The molecule has 0 unspecified atom stereocenters. The third-order valence-corrected chi connectivity index (χ3v) is 3.35. The fraction of sp³-hybridized carbons (Fsp3) is 0.222. The first-order valence-corrected chi connectivity index (χ1v) is 7.05. The van der Waals surface area contributed by atoms with E-state index < -0.39 is 6.10 Å². The lowest BCUT2D eigenvalue weighted by molar-refractivity contribution is -0.122. The molecule has 0 saturated carbocycles. The molecule has 0 bridgehead atoms. The van der Waals surface area contributed by atoms with Crippen LogP contribution in [0.1, 0.15) is 23.6 Å². The van der Waals surface area contributed by atoms with Crippen molar-refractivity contribution in [1.29, 1.82) is 5.26 Å². The van der Waals surface area contributed by atoms with Gasteiger partial charge in [0.1, 0.15) is 5.75 Å². The molecule has 0 saturated heterocycles. The Labute approximate surface area is 130 Å². The first kappa shape index (κ1) is 15.6. The van der Waals surface area contributed by atoms with E-state index in [-0.39, 0.29) is 5.91 Å². The number of aryl methyl sites for hydroxylation is 2. The second kappa shape index (κ2) is 6.77. The summed E-state index contributed by atoms with van der Waals surface area (Å²) in [5.74, 6) is 0.511. The maximum absolute atomic E-state index is 12.2. The Bertz CT molecular complexity index is 695. The lowest BCUT2D eigenvalue weighted by Crippen LogP contribution is -2.30. The van der Waals surface area contributed by atoms with Gasteiger partial charge < -0.3 is 10.1 Å². The lowest BCUT2D eigenvalue weighted by Gasteiger charge is -2.18. The van der Waals surface area contributed by atoms with Crippen molar-refractivity contribution >= 4 is 11.6 Å². The zero-order valence-corrected chi connectivity index (χ0v) is 12.9. The molecule has 22 heavy (non-hydrogen) atoms. The van der Waals surface area contributed by atoms with E-state index >= 15 is 0 Å². The van der Waals surface area contributed by atoms with Gasteiger partial charge >= 0.3 is 0 Å². The third kappa shape index (κ3) is 3.64. The minimum absolute atomic E-state index is 0.229. The Morgan fingerprint density at radius 3 is 2.27 bits per heavy atom. The number of carbonyl (C=O) groups is 1. The van der Waals surface area contributed by atoms with Gasteiger partial charge in [0.25, 0.3) is 5.91 Å². The highest BCUT2D eigenvalue weighted by atomic mass is 16.5. The smallest absolute Gasteiger partial charge is 0.265 e. The number of para-hydroxylation sites is 1. The summed E-state index contributed by atoms with van der Waals surface area (Å²) in [5.41, 5.74) is 3.19. The molecule has 0 spiro atoms. The van der Waals surface area contributed by atoms with E-state index in [9.17, 15) is 4.79 Å². The number of hydrogen-bond acceptors (Lipinski definition) is 3. The number of amides is 1. The van der Waals surface area contributed by atoms with Gasteiger partial charge in [-0.15, -0.1) is 0 Å². The van der Waals surface area contributed by atoms with Crippen LogP contribution in [0.2, 0.25) is 0 Å². The summed E-state index contributed by atoms with van der Waals surface area (Å²) in [6.45, 7) is 5.62. The molecule has 112 valence electrons. The Morgan fingerprint density at radius 2 is 1.73 bits per heavy atom. The van der Waals surface area contributed by atoms with Gasteiger partial charge in [0.2, 0.25) is 0 Å². The number of benzene rings is 2. The van der Waals surface area contributed by atoms with Crippen LogP contribution in [0.15, 0.2) is 42.5 Å².